The molecule has 1 aromatic rings. The van der Waals surface area contributed by atoms with Gasteiger partial charge in [0.25, 0.3) is 0 Å². The second-order valence-corrected chi connectivity index (χ2v) is 4.50. The van der Waals surface area contributed by atoms with Crippen LogP contribution in [0, 0.1) is 17.2 Å². The Labute approximate surface area is 114 Å². The molecule has 18 heavy (non-hydrogen) atoms. The van der Waals surface area contributed by atoms with E-state index in [1.807, 2.05) is 6.07 Å². The first-order valence-electron chi connectivity index (χ1n) is 8.29. The van der Waals surface area contributed by atoms with Crippen LogP contribution < -0.4 is 0 Å². The molecule has 3 atom stereocenters. The van der Waals surface area contributed by atoms with Crippen LogP contribution in [0.4, 0.5) is 0 Å². The van der Waals surface area contributed by atoms with E-state index in [9.17, 15) is 4.79 Å². The fourth-order valence-corrected chi connectivity index (χ4v) is 2.20. The van der Waals surface area contributed by atoms with Gasteiger partial charge in [0.2, 0.25) is 0 Å². The van der Waals surface area contributed by atoms with Gasteiger partial charge in [-0.15, -0.1) is 0 Å². The number of nitrogens with zero attached hydrogens (tertiary/aromatic N) is 1. The van der Waals surface area contributed by atoms with Crippen LogP contribution in [-0.4, -0.2) is 6.29 Å². The number of carbonyl (C=O) groups is 1. The Morgan fingerprint density at radius 3 is 2.89 bits per heavy atom. The number of benzene rings is 1. The summed E-state index contributed by atoms with van der Waals surface area (Å²) < 4.78 is 33.2. The van der Waals surface area contributed by atoms with Crippen molar-refractivity contribution >= 4 is 6.29 Å². The van der Waals surface area contributed by atoms with E-state index in [4.69, 9.17) is 10.7 Å². The molecule has 0 aliphatic heterocycles. The maximum absolute atomic E-state index is 10.5. The molecule has 0 N–H and O–H groups in total. The summed E-state index contributed by atoms with van der Waals surface area (Å²) in [5.41, 5.74) is 1.37. The summed E-state index contributed by atoms with van der Waals surface area (Å²) in [5.74, 6) is -1.68. The van der Waals surface area contributed by atoms with Crippen LogP contribution in [0.2, 0.25) is 0 Å². The zero-order valence-electron chi connectivity index (χ0n) is 14.2. The molecule has 1 fully saturated rings. The number of hydrogen-bond acceptors (Lipinski definition) is 2. The van der Waals surface area contributed by atoms with E-state index in [2.05, 4.69) is 0 Å². The largest absolute Gasteiger partial charge is 0.303 e. The van der Waals surface area contributed by atoms with Crippen molar-refractivity contribution < 1.29 is 10.3 Å². The molecule has 0 bridgehead atoms. The van der Waals surface area contributed by atoms with Gasteiger partial charge in [-0.25, -0.2) is 0 Å². The third-order valence-electron chi connectivity index (χ3n) is 3.28. The van der Waals surface area contributed by atoms with E-state index < -0.39 is 18.7 Å². The zero-order valence-corrected chi connectivity index (χ0v) is 10.2. The number of hydrogen-bond donors (Lipinski definition) is 0. The van der Waals surface area contributed by atoms with Crippen molar-refractivity contribution in [2.75, 3.05) is 0 Å². The normalized spacial score (nSPS) is 37.5. The molecule has 2 rings (SSSR count). The minimum Gasteiger partial charge on any atom is -0.303 e. The van der Waals surface area contributed by atoms with E-state index in [0.717, 1.165) is 5.56 Å². The second-order valence-electron chi connectivity index (χ2n) is 4.50. The van der Waals surface area contributed by atoms with Gasteiger partial charge in [-0.05, 0) is 61.5 Å². The van der Waals surface area contributed by atoms with Crippen LogP contribution in [0.1, 0.15) is 61.0 Å². The second kappa shape index (κ2) is 6.35. The van der Waals surface area contributed by atoms with Crippen molar-refractivity contribution in [2.45, 2.75) is 44.4 Å². The van der Waals surface area contributed by atoms with Gasteiger partial charge in [-0.1, -0.05) is 12.1 Å². The molecule has 0 amide bonds. The van der Waals surface area contributed by atoms with E-state index >= 15 is 0 Å². The van der Waals surface area contributed by atoms with Crippen LogP contribution in [0.15, 0.2) is 24.3 Å². The van der Waals surface area contributed by atoms with Gasteiger partial charge >= 0.3 is 0 Å². The highest BCUT2D eigenvalue weighted by molar-refractivity contribution is 5.49. The van der Waals surface area contributed by atoms with Crippen molar-refractivity contribution in [1.29, 1.82) is 5.26 Å². The summed E-state index contributed by atoms with van der Waals surface area (Å²) in [6.45, 7) is 0. The molecule has 1 aliphatic carbocycles. The van der Waals surface area contributed by atoms with Crippen molar-refractivity contribution in [3.05, 3.63) is 35.4 Å². The Bertz CT molecular complexity index is 581. The molecule has 1 aliphatic rings. The Morgan fingerprint density at radius 2 is 2.22 bits per heavy atom. The molecule has 0 radical (unpaired) electrons. The van der Waals surface area contributed by atoms with Crippen LogP contribution in [-0.2, 0) is 4.79 Å². The summed E-state index contributed by atoms with van der Waals surface area (Å²) in [5, 5.41) is 8.82. The Kier molecular flexibility index (Phi) is 2.99. The van der Waals surface area contributed by atoms with Crippen LogP contribution >= 0.6 is 0 Å². The summed E-state index contributed by atoms with van der Waals surface area (Å²) in [4.78, 5) is 10.5. The van der Waals surface area contributed by atoms with Gasteiger partial charge in [0, 0.05) is 11.9 Å². The third kappa shape index (κ3) is 3.20. The lowest BCUT2D eigenvalue weighted by Gasteiger charge is -2.28. The van der Waals surface area contributed by atoms with E-state index in [0.29, 0.717) is 24.7 Å². The van der Waals surface area contributed by atoms with Gasteiger partial charge in [0.15, 0.2) is 0 Å². The van der Waals surface area contributed by atoms with E-state index in [-0.39, 0.29) is 18.8 Å². The molecule has 2 nitrogen and oxygen atoms in total. The van der Waals surface area contributed by atoms with Gasteiger partial charge in [-0.2, -0.15) is 5.26 Å². The Morgan fingerprint density at radius 1 is 1.44 bits per heavy atom. The van der Waals surface area contributed by atoms with Gasteiger partial charge in [0.1, 0.15) is 6.29 Å². The highest BCUT2D eigenvalue weighted by Gasteiger charge is 2.21. The lowest BCUT2D eigenvalue weighted by atomic mass is 9.77. The van der Waals surface area contributed by atoms with E-state index in [1.165, 1.54) is 0 Å². The van der Waals surface area contributed by atoms with Gasteiger partial charge in [-0.3, -0.25) is 0 Å². The predicted octanol–water partition coefficient (Wildman–Crippen LogP) is 3.81. The molecule has 2 heteroatoms. The maximum Gasteiger partial charge on any atom is 0.120 e. The number of aldehydes is 1. The lowest BCUT2D eigenvalue weighted by Crippen LogP contribution is -2.13. The molecule has 0 heterocycles. The van der Waals surface area contributed by atoms with Crippen LogP contribution in [0.5, 0.6) is 0 Å². The topological polar surface area (TPSA) is 40.9 Å². The third-order valence-corrected chi connectivity index (χ3v) is 3.28. The summed E-state index contributed by atoms with van der Waals surface area (Å²) in [6.07, 6.45) is -1.16. The Balaban J connectivity index is 2.25. The van der Waals surface area contributed by atoms with Gasteiger partial charge in [0.05, 0.1) is 11.6 Å². The molecule has 94 valence electrons. The molecule has 1 saturated carbocycles. The fraction of sp³-hybridized carbons (Fsp3) is 0.500. The van der Waals surface area contributed by atoms with Crippen LogP contribution in [0.3, 0.4) is 0 Å². The quantitative estimate of drug-likeness (QED) is 0.757. The number of rotatable bonds is 4. The minimum absolute atomic E-state index is 0.150. The maximum atomic E-state index is 10.5. The predicted molar refractivity (Wildman–Crippen MR) is 71.2 cm³/mol. The van der Waals surface area contributed by atoms with Crippen LogP contribution in [0.25, 0.3) is 0 Å². The highest BCUT2D eigenvalue weighted by atomic mass is 16.1. The lowest BCUT2D eigenvalue weighted by molar-refractivity contribution is -0.108. The average Bonchev–Trinajstić information content (AvgIpc) is 2.52. The number of carbonyl (C=O) groups excluding carboxylic acids is 1. The summed E-state index contributed by atoms with van der Waals surface area (Å²) in [7, 11) is 0. The molecule has 0 spiro atoms. The molecule has 1 unspecified atom stereocenters. The first-order valence-corrected chi connectivity index (χ1v) is 6.21. The summed E-state index contributed by atoms with van der Waals surface area (Å²) in [6, 6.07) is 8.92. The molecule has 0 saturated heterocycles. The molecular formula is C16H19NO. The smallest absolute Gasteiger partial charge is 0.120 e. The highest BCUT2D eigenvalue weighted by Crippen LogP contribution is 2.37. The minimum atomic E-state index is -1.98. The van der Waals surface area contributed by atoms with Crippen molar-refractivity contribution in [2.24, 2.45) is 5.89 Å². The zero-order chi connectivity index (χ0) is 16.4. The molecule has 0 aromatic heterocycles. The SMILES string of the molecule is [2H]C1[C@@H](c2ccc(C#N)cc2)CC[C@]([2H])(CCC=O)C1([2H])[2H]. The first kappa shape index (κ1) is 8.48. The molecule has 1 aromatic carbocycles. The standard InChI is InChI=1S/C16H19NO/c17-12-14-5-9-16(10-6-14)15-7-3-13(4-8-15)2-1-11-18/h5-6,9-11,13,15H,1-4,7-8H2/t13-,15-/i3D2,7D,13D/t7?,13-,15-/m1/s1. The number of nitriles is 1. The Hall–Kier alpha value is -1.62. The fourth-order valence-electron chi connectivity index (χ4n) is 2.20. The van der Waals surface area contributed by atoms with Crippen molar-refractivity contribution in [1.82, 2.24) is 0 Å². The van der Waals surface area contributed by atoms with E-state index in [1.54, 1.807) is 24.3 Å². The first-order chi connectivity index (χ1) is 10.4. The van der Waals surface area contributed by atoms with Crippen molar-refractivity contribution in [3.8, 4) is 6.07 Å². The van der Waals surface area contributed by atoms with Crippen molar-refractivity contribution in [3.63, 3.8) is 0 Å². The monoisotopic (exact) mass is 245 g/mol. The summed E-state index contributed by atoms with van der Waals surface area (Å²) >= 11 is 0. The van der Waals surface area contributed by atoms with Gasteiger partial charge < -0.3 is 4.79 Å². The average molecular weight is 245 g/mol. The molecular weight excluding hydrogens is 222 g/mol.